The van der Waals surface area contributed by atoms with E-state index >= 15 is 0 Å². The lowest BCUT2D eigenvalue weighted by Crippen LogP contribution is -2.25. The van der Waals surface area contributed by atoms with Gasteiger partial charge in [0.1, 0.15) is 5.82 Å². The first kappa shape index (κ1) is 13.5. The van der Waals surface area contributed by atoms with Crippen LogP contribution in [0.1, 0.15) is 0 Å². The number of likely N-dealkylation sites (N-methyl/N-ethyl adjacent to an activating group) is 1. The van der Waals surface area contributed by atoms with Gasteiger partial charge in [0.25, 0.3) is 0 Å². The standard InChI is InChI=1S/C10H17N7O2/c1-17(2-4-19-5-3-18)9-7-6-12-16-8(7)13-10(14-9)15-11/h6,18H,2-5,11H2,1H3,(H2,12,13,14,15,16). The Bertz CT molecular complexity index is 530. The molecular weight excluding hydrogens is 250 g/mol. The van der Waals surface area contributed by atoms with Crippen LogP contribution in [-0.2, 0) is 4.74 Å². The minimum Gasteiger partial charge on any atom is -0.394 e. The molecule has 0 saturated carbocycles. The van der Waals surface area contributed by atoms with Crippen molar-refractivity contribution in [3.63, 3.8) is 0 Å². The number of fused-ring (bicyclic) bond motifs is 1. The number of ether oxygens (including phenoxy) is 1. The van der Waals surface area contributed by atoms with E-state index in [0.29, 0.717) is 37.2 Å². The molecule has 0 atom stereocenters. The number of nitrogens with zero attached hydrogens (tertiary/aromatic N) is 4. The summed E-state index contributed by atoms with van der Waals surface area (Å²) in [7, 11) is 1.89. The average Bonchev–Trinajstić information content (AvgIpc) is 2.90. The van der Waals surface area contributed by atoms with Crippen LogP contribution in [0.15, 0.2) is 6.20 Å². The maximum atomic E-state index is 8.64. The molecule has 9 heteroatoms. The summed E-state index contributed by atoms with van der Waals surface area (Å²) in [5, 5.41) is 16.2. The molecule has 0 aliphatic heterocycles. The molecule has 0 fully saturated rings. The van der Waals surface area contributed by atoms with E-state index in [2.05, 4.69) is 25.6 Å². The van der Waals surface area contributed by atoms with Crippen molar-refractivity contribution in [1.29, 1.82) is 0 Å². The molecule has 19 heavy (non-hydrogen) atoms. The fourth-order valence-electron chi connectivity index (χ4n) is 1.65. The second-order valence-electron chi connectivity index (χ2n) is 3.90. The van der Waals surface area contributed by atoms with E-state index in [9.17, 15) is 0 Å². The lowest BCUT2D eigenvalue weighted by molar-refractivity contribution is 0.0971. The van der Waals surface area contributed by atoms with Crippen LogP contribution in [0.5, 0.6) is 0 Å². The van der Waals surface area contributed by atoms with E-state index in [1.54, 1.807) is 6.20 Å². The highest BCUT2D eigenvalue weighted by Gasteiger charge is 2.12. The number of aliphatic hydroxyl groups excluding tert-OH is 1. The van der Waals surface area contributed by atoms with Gasteiger partial charge in [-0.2, -0.15) is 15.1 Å². The zero-order valence-electron chi connectivity index (χ0n) is 10.6. The van der Waals surface area contributed by atoms with Crippen molar-refractivity contribution in [3.05, 3.63) is 6.20 Å². The van der Waals surface area contributed by atoms with Gasteiger partial charge in [-0.3, -0.25) is 10.5 Å². The van der Waals surface area contributed by atoms with E-state index in [1.165, 1.54) is 0 Å². The van der Waals surface area contributed by atoms with Crippen molar-refractivity contribution in [2.24, 2.45) is 5.84 Å². The zero-order chi connectivity index (χ0) is 13.7. The molecule has 2 heterocycles. The fraction of sp³-hybridized carbons (Fsp3) is 0.500. The van der Waals surface area contributed by atoms with Gasteiger partial charge in [0, 0.05) is 13.6 Å². The minimum absolute atomic E-state index is 0.0183. The van der Waals surface area contributed by atoms with Crippen LogP contribution in [0.4, 0.5) is 11.8 Å². The molecule has 0 bridgehead atoms. The molecule has 0 amide bonds. The molecule has 2 aromatic rings. The minimum atomic E-state index is 0.0183. The third-order valence-electron chi connectivity index (χ3n) is 2.59. The summed E-state index contributed by atoms with van der Waals surface area (Å²) in [5.74, 6) is 6.36. The van der Waals surface area contributed by atoms with E-state index in [-0.39, 0.29) is 6.61 Å². The van der Waals surface area contributed by atoms with Crippen LogP contribution in [0.3, 0.4) is 0 Å². The van der Waals surface area contributed by atoms with Crippen molar-refractivity contribution < 1.29 is 9.84 Å². The van der Waals surface area contributed by atoms with Gasteiger partial charge < -0.3 is 14.7 Å². The molecule has 0 saturated heterocycles. The number of aromatic amines is 1. The number of nitrogen functional groups attached to an aromatic ring is 1. The van der Waals surface area contributed by atoms with Gasteiger partial charge in [-0.05, 0) is 0 Å². The maximum absolute atomic E-state index is 8.64. The Morgan fingerprint density at radius 1 is 1.47 bits per heavy atom. The zero-order valence-corrected chi connectivity index (χ0v) is 10.6. The number of rotatable bonds is 7. The second-order valence-corrected chi connectivity index (χ2v) is 3.90. The highest BCUT2D eigenvalue weighted by molar-refractivity contribution is 5.87. The van der Waals surface area contributed by atoms with E-state index in [1.807, 2.05) is 11.9 Å². The third kappa shape index (κ3) is 3.08. The normalized spacial score (nSPS) is 10.9. The first-order valence-corrected chi connectivity index (χ1v) is 5.83. The van der Waals surface area contributed by atoms with Gasteiger partial charge in [0.05, 0.1) is 31.4 Å². The Labute approximate surface area is 109 Å². The molecule has 0 unspecified atom stereocenters. The first-order valence-electron chi connectivity index (χ1n) is 5.83. The van der Waals surface area contributed by atoms with E-state index in [4.69, 9.17) is 15.7 Å². The average molecular weight is 267 g/mol. The molecule has 9 nitrogen and oxygen atoms in total. The van der Waals surface area contributed by atoms with Gasteiger partial charge >= 0.3 is 0 Å². The quantitative estimate of drug-likeness (QED) is 0.288. The second kappa shape index (κ2) is 6.27. The summed E-state index contributed by atoms with van der Waals surface area (Å²) in [6.45, 7) is 1.46. The lowest BCUT2D eigenvalue weighted by Gasteiger charge is -2.19. The van der Waals surface area contributed by atoms with Crippen LogP contribution in [0, 0.1) is 0 Å². The smallest absolute Gasteiger partial charge is 0.241 e. The number of hydrogen-bond donors (Lipinski definition) is 4. The van der Waals surface area contributed by atoms with Gasteiger partial charge in [0.2, 0.25) is 5.95 Å². The van der Waals surface area contributed by atoms with Crippen LogP contribution in [0.2, 0.25) is 0 Å². The Morgan fingerprint density at radius 3 is 3.05 bits per heavy atom. The molecule has 0 spiro atoms. The van der Waals surface area contributed by atoms with Crippen LogP contribution in [0.25, 0.3) is 11.0 Å². The van der Waals surface area contributed by atoms with E-state index in [0.717, 1.165) is 5.39 Å². The highest BCUT2D eigenvalue weighted by atomic mass is 16.5. The molecule has 5 N–H and O–H groups in total. The molecule has 0 aromatic carbocycles. The summed E-state index contributed by atoms with van der Waals surface area (Å²) >= 11 is 0. The molecule has 2 aromatic heterocycles. The highest BCUT2D eigenvalue weighted by Crippen LogP contribution is 2.22. The Morgan fingerprint density at radius 2 is 2.32 bits per heavy atom. The number of hydrogen-bond acceptors (Lipinski definition) is 8. The fourth-order valence-corrected chi connectivity index (χ4v) is 1.65. The number of aliphatic hydroxyl groups is 1. The van der Waals surface area contributed by atoms with Crippen molar-refractivity contribution in [1.82, 2.24) is 20.2 Å². The first-order chi connectivity index (χ1) is 9.26. The number of H-pyrrole nitrogens is 1. The predicted molar refractivity (Wildman–Crippen MR) is 70.7 cm³/mol. The van der Waals surface area contributed by atoms with Crippen molar-refractivity contribution in [3.8, 4) is 0 Å². The van der Waals surface area contributed by atoms with Crippen LogP contribution < -0.4 is 16.2 Å². The molecule has 0 radical (unpaired) electrons. The summed E-state index contributed by atoms with van der Waals surface area (Å²) in [6.07, 6.45) is 1.66. The molecule has 0 aliphatic rings. The predicted octanol–water partition coefficient (Wildman–Crippen LogP) is -0.916. The Kier molecular flexibility index (Phi) is 4.44. The van der Waals surface area contributed by atoms with Crippen LogP contribution >= 0.6 is 0 Å². The van der Waals surface area contributed by atoms with Crippen molar-refractivity contribution in [2.75, 3.05) is 43.7 Å². The maximum Gasteiger partial charge on any atom is 0.241 e. The Balaban J connectivity index is 2.15. The summed E-state index contributed by atoms with van der Waals surface area (Å²) in [6, 6.07) is 0. The largest absolute Gasteiger partial charge is 0.394 e. The molecular formula is C10H17N7O2. The number of hydrazine groups is 1. The van der Waals surface area contributed by atoms with Gasteiger partial charge in [-0.1, -0.05) is 0 Å². The number of nitrogens with one attached hydrogen (secondary N) is 2. The van der Waals surface area contributed by atoms with Crippen molar-refractivity contribution in [2.45, 2.75) is 0 Å². The number of aromatic nitrogens is 4. The summed E-state index contributed by atoms with van der Waals surface area (Å²) < 4.78 is 5.23. The molecule has 0 aliphatic carbocycles. The lowest BCUT2D eigenvalue weighted by atomic mass is 10.3. The summed E-state index contributed by atoms with van der Waals surface area (Å²) in [5.41, 5.74) is 3.03. The molecule has 2 rings (SSSR count). The van der Waals surface area contributed by atoms with E-state index < -0.39 is 0 Å². The molecule has 104 valence electrons. The van der Waals surface area contributed by atoms with Gasteiger partial charge in [0.15, 0.2) is 5.65 Å². The SMILES string of the molecule is CN(CCOCCO)c1nc(NN)nc2[nH]ncc12. The van der Waals surface area contributed by atoms with Gasteiger partial charge in [-0.15, -0.1) is 0 Å². The Hall–Kier alpha value is -1.97. The van der Waals surface area contributed by atoms with Crippen molar-refractivity contribution >= 4 is 22.8 Å². The number of anilines is 2. The van der Waals surface area contributed by atoms with Gasteiger partial charge in [-0.25, -0.2) is 5.84 Å². The monoisotopic (exact) mass is 267 g/mol. The third-order valence-corrected chi connectivity index (χ3v) is 2.59. The topological polar surface area (TPSA) is 125 Å². The summed E-state index contributed by atoms with van der Waals surface area (Å²) in [4.78, 5) is 10.4. The van der Waals surface area contributed by atoms with Crippen LogP contribution in [-0.4, -0.2) is 58.7 Å². The number of nitrogens with two attached hydrogens (primary N) is 1.